The summed E-state index contributed by atoms with van der Waals surface area (Å²) in [6.07, 6.45) is 6.59. The Labute approximate surface area is 160 Å². The molecule has 5 nitrogen and oxygen atoms in total. The first-order valence-corrected chi connectivity index (χ1v) is 9.77. The van der Waals surface area contributed by atoms with Crippen molar-refractivity contribution in [3.8, 4) is 0 Å². The van der Waals surface area contributed by atoms with Gasteiger partial charge in [-0.3, -0.25) is 9.78 Å². The van der Waals surface area contributed by atoms with E-state index in [1.165, 1.54) is 10.9 Å². The van der Waals surface area contributed by atoms with Gasteiger partial charge in [0.15, 0.2) is 0 Å². The molecule has 0 spiro atoms. The highest BCUT2D eigenvalue weighted by molar-refractivity contribution is 5.93. The van der Waals surface area contributed by atoms with Crippen LogP contribution in [0.1, 0.15) is 42.7 Å². The van der Waals surface area contributed by atoms with Crippen LogP contribution in [0, 0.1) is 0 Å². The zero-order valence-electron chi connectivity index (χ0n) is 16.2. The summed E-state index contributed by atoms with van der Waals surface area (Å²) in [6, 6.07) is 12.1. The molecule has 2 aromatic heterocycles. The third-order valence-electron chi connectivity index (χ3n) is 4.65. The summed E-state index contributed by atoms with van der Waals surface area (Å²) < 4.78 is 0. The van der Waals surface area contributed by atoms with E-state index in [-0.39, 0.29) is 5.91 Å². The van der Waals surface area contributed by atoms with E-state index in [0.29, 0.717) is 5.69 Å². The lowest BCUT2D eigenvalue weighted by Crippen LogP contribution is -2.33. The SMILES string of the molecule is CCCN(CCC)C(=O)c1cc(NCCc2c[nH]c3ccccc23)ccn1. The lowest BCUT2D eigenvalue weighted by atomic mass is 10.1. The number of carbonyl (C=O) groups excluding carboxylic acids is 1. The van der Waals surface area contributed by atoms with Gasteiger partial charge >= 0.3 is 0 Å². The molecule has 0 fully saturated rings. The van der Waals surface area contributed by atoms with E-state index in [4.69, 9.17) is 0 Å². The first-order chi connectivity index (χ1) is 13.2. The van der Waals surface area contributed by atoms with Crippen molar-refractivity contribution in [2.45, 2.75) is 33.1 Å². The average molecular weight is 364 g/mol. The number of rotatable bonds is 9. The molecule has 0 bridgehead atoms. The number of H-pyrrole nitrogens is 1. The zero-order valence-corrected chi connectivity index (χ0v) is 16.2. The minimum atomic E-state index is 0.0129. The quantitative estimate of drug-likeness (QED) is 0.588. The van der Waals surface area contributed by atoms with Crippen molar-refractivity contribution in [1.82, 2.24) is 14.9 Å². The summed E-state index contributed by atoms with van der Waals surface area (Å²) in [4.78, 5) is 22.2. The Morgan fingerprint density at radius 3 is 2.70 bits per heavy atom. The lowest BCUT2D eigenvalue weighted by molar-refractivity contribution is 0.0749. The van der Waals surface area contributed by atoms with Gasteiger partial charge in [0, 0.05) is 48.6 Å². The molecule has 5 heteroatoms. The number of pyridine rings is 1. The second-order valence-corrected chi connectivity index (χ2v) is 6.76. The highest BCUT2D eigenvalue weighted by Gasteiger charge is 2.15. The van der Waals surface area contributed by atoms with Gasteiger partial charge < -0.3 is 15.2 Å². The van der Waals surface area contributed by atoms with Crippen molar-refractivity contribution in [2.75, 3.05) is 25.0 Å². The third kappa shape index (κ3) is 4.67. The number of aromatic nitrogens is 2. The molecule has 0 aliphatic carbocycles. The highest BCUT2D eigenvalue weighted by Crippen LogP contribution is 2.18. The minimum Gasteiger partial charge on any atom is -0.385 e. The molecule has 0 saturated heterocycles. The smallest absolute Gasteiger partial charge is 0.272 e. The maximum atomic E-state index is 12.7. The average Bonchev–Trinajstić information content (AvgIpc) is 3.11. The molecule has 3 aromatic rings. The van der Waals surface area contributed by atoms with Crippen LogP contribution in [0.5, 0.6) is 0 Å². The Morgan fingerprint density at radius 1 is 1.15 bits per heavy atom. The van der Waals surface area contributed by atoms with Crippen molar-refractivity contribution in [3.05, 3.63) is 60.0 Å². The number of anilines is 1. The van der Waals surface area contributed by atoms with Crippen LogP contribution in [0.25, 0.3) is 10.9 Å². The molecular weight excluding hydrogens is 336 g/mol. The predicted octanol–water partition coefficient (Wildman–Crippen LogP) is 4.48. The van der Waals surface area contributed by atoms with Crippen molar-refractivity contribution in [2.24, 2.45) is 0 Å². The first-order valence-electron chi connectivity index (χ1n) is 9.77. The van der Waals surface area contributed by atoms with Gasteiger partial charge in [0.25, 0.3) is 5.91 Å². The summed E-state index contributed by atoms with van der Waals surface area (Å²) in [5, 5.41) is 4.68. The Morgan fingerprint density at radius 2 is 1.93 bits per heavy atom. The number of nitrogens with zero attached hydrogens (tertiary/aromatic N) is 2. The van der Waals surface area contributed by atoms with E-state index >= 15 is 0 Å². The third-order valence-corrected chi connectivity index (χ3v) is 4.65. The molecule has 142 valence electrons. The van der Waals surface area contributed by atoms with Gasteiger partial charge in [-0.2, -0.15) is 0 Å². The molecule has 0 unspecified atom stereocenters. The molecule has 27 heavy (non-hydrogen) atoms. The van der Waals surface area contributed by atoms with Crippen molar-refractivity contribution < 1.29 is 4.79 Å². The van der Waals surface area contributed by atoms with Gasteiger partial charge in [0.2, 0.25) is 0 Å². The van der Waals surface area contributed by atoms with E-state index in [1.54, 1.807) is 6.20 Å². The molecule has 0 saturated carbocycles. The molecule has 0 aliphatic heterocycles. The number of amides is 1. The van der Waals surface area contributed by atoms with Crippen molar-refractivity contribution in [3.63, 3.8) is 0 Å². The van der Waals surface area contributed by atoms with E-state index in [2.05, 4.69) is 53.5 Å². The van der Waals surface area contributed by atoms with Gasteiger partial charge in [-0.15, -0.1) is 0 Å². The van der Waals surface area contributed by atoms with E-state index in [9.17, 15) is 4.79 Å². The number of hydrogen-bond donors (Lipinski definition) is 2. The van der Waals surface area contributed by atoms with Gasteiger partial charge in [0.1, 0.15) is 5.69 Å². The van der Waals surface area contributed by atoms with Gasteiger partial charge in [-0.25, -0.2) is 0 Å². The summed E-state index contributed by atoms with van der Waals surface area (Å²) in [7, 11) is 0. The molecule has 1 aromatic carbocycles. The van der Waals surface area contributed by atoms with Crippen LogP contribution in [0.4, 0.5) is 5.69 Å². The van der Waals surface area contributed by atoms with Gasteiger partial charge in [0.05, 0.1) is 0 Å². The van der Waals surface area contributed by atoms with Crippen LogP contribution in [-0.4, -0.2) is 40.4 Å². The van der Waals surface area contributed by atoms with E-state index in [1.807, 2.05) is 23.1 Å². The Kier molecular flexibility index (Phi) is 6.47. The number of fused-ring (bicyclic) bond motifs is 1. The first kappa shape index (κ1) is 19.0. The molecule has 3 rings (SSSR count). The standard InChI is InChI=1S/C22H28N4O/c1-3-13-26(14-4-2)22(27)21-15-18(10-12-24-21)23-11-9-17-16-25-20-8-6-5-7-19(17)20/h5-8,10,12,15-16,25H,3-4,9,11,13-14H2,1-2H3,(H,23,24). The van der Waals surface area contributed by atoms with Crippen LogP contribution in [-0.2, 0) is 6.42 Å². The molecule has 0 radical (unpaired) electrons. The van der Waals surface area contributed by atoms with Crippen molar-refractivity contribution in [1.29, 1.82) is 0 Å². The second kappa shape index (κ2) is 9.21. The molecule has 0 aliphatic rings. The number of para-hydroxylation sites is 1. The van der Waals surface area contributed by atoms with Crippen LogP contribution in [0.15, 0.2) is 48.8 Å². The fraction of sp³-hybridized carbons (Fsp3) is 0.364. The highest BCUT2D eigenvalue weighted by atomic mass is 16.2. The maximum Gasteiger partial charge on any atom is 0.272 e. The molecule has 1 amide bonds. The van der Waals surface area contributed by atoms with Crippen LogP contribution < -0.4 is 5.32 Å². The number of hydrogen-bond acceptors (Lipinski definition) is 3. The van der Waals surface area contributed by atoms with Gasteiger partial charge in [-0.05, 0) is 43.0 Å². The Bertz CT molecular complexity index is 881. The zero-order chi connectivity index (χ0) is 19.1. The number of carbonyl (C=O) groups is 1. The minimum absolute atomic E-state index is 0.0129. The number of nitrogens with one attached hydrogen (secondary N) is 2. The predicted molar refractivity (Wildman–Crippen MR) is 111 cm³/mol. The van der Waals surface area contributed by atoms with Crippen molar-refractivity contribution >= 4 is 22.5 Å². The monoisotopic (exact) mass is 364 g/mol. The summed E-state index contributed by atoms with van der Waals surface area (Å²) in [5.74, 6) is 0.0129. The number of benzene rings is 1. The number of aromatic amines is 1. The lowest BCUT2D eigenvalue weighted by Gasteiger charge is -2.21. The largest absolute Gasteiger partial charge is 0.385 e. The summed E-state index contributed by atoms with van der Waals surface area (Å²) in [6.45, 7) is 6.52. The van der Waals surface area contributed by atoms with Crippen LogP contribution >= 0.6 is 0 Å². The van der Waals surface area contributed by atoms with Gasteiger partial charge in [-0.1, -0.05) is 32.0 Å². The molecule has 2 heterocycles. The maximum absolute atomic E-state index is 12.7. The fourth-order valence-electron chi connectivity index (χ4n) is 3.35. The van der Waals surface area contributed by atoms with E-state index in [0.717, 1.165) is 50.1 Å². The molecule has 2 N–H and O–H groups in total. The summed E-state index contributed by atoms with van der Waals surface area (Å²) >= 11 is 0. The van der Waals surface area contributed by atoms with E-state index < -0.39 is 0 Å². The Balaban J connectivity index is 1.62. The second-order valence-electron chi connectivity index (χ2n) is 6.76. The summed E-state index contributed by atoms with van der Waals surface area (Å²) in [5.41, 5.74) is 3.90. The Hall–Kier alpha value is -2.82. The van der Waals surface area contributed by atoms with Crippen LogP contribution in [0.3, 0.4) is 0 Å². The normalized spacial score (nSPS) is 10.9. The van der Waals surface area contributed by atoms with Crippen LogP contribution in [0.2, 0.25) is 0 Å². The molecule has 0 atom stereocenters. The fourth-order valence-corrected chi connectivity index (χ4v) is 3.35. The topological polar surface area (TPSA) is 61.0 Å². The molecular formula is C22H28N4O.